The van der Waals surface area contributed by atoms with Crippen molar-refractivity contribution in [1.82, 2.24) is 20.4 Å². The van der Waals surface area contributed by atoms with Gasteiger partial charge in [0, 0.05) is 44.9 Å². The van der Waals surface area contributed by atoms with Crippen LogP contribution in [0.2, 0.25) is 0 Å². The molecule has 1 saturated heterocycles. The van der Waals surface area contributed by atoms with E-state index in [1.807, 2.05) is 4.90 Å². The molecule has 1 fully saturated rings. The number of nitrogens with zero attached hydrogens (tertiary/aromatic N) is 3. The predicted octanol–water partition coefficient (Wildman–Crippen LogP) is 1.70. The summed E-state index contributed by atoms with van der Waals surface area (Å²) in [6, 6.07) is 0.308. The number of anilines is 1. The van der Waals surface area contributed by atoms with Gasteiger partial charge in [0.05, 0.1) is 0 Å². The minimum Gasteiger partial charge on any atom is -0.340 e. The molecular formula is C15H26ClN5O2S. The van der Waals surface area contributed by atoms with Gasteiger partial charge in [-0.25, -0.2) is 0 Å². The Morgan fingerprint density at radius 1 is 1.38 bits per heavy atom. The lowest BCUT2D eigenvalue weighted by Crippen LogP contribution is -2.51. The lowest BCUT2D eigenvalue weighted by atomic mass is 10.1. The molecule has 1 aromatic rings. The van der Waals surface area contributed by atoms with Crippen LogP contribution in [-0.4, -0.2) is 52.6 Å². The number of hydrogen-bond acceptors (Lipinski definition) is 6. The second kappa shape index (κ2) is 9.90. The highest BCUT2D eigenvalue weighted by atomic mass is 35.5. The number of aromatic nitrogens is 2. The van der Waals surface area contributed by atoms with Crippen molar-refractivity contribution in [1.29, 1.82) is 0 Å². The highest BCUT2D eigenvalue weighted by molar-refractivity contribution is 7.15. The first-order valence-corrected chi connectivity index (χ1v) is 8.89. The summed E-state index contributed by atoms with van der Waals surface area (Å²) in [5.41, 5.74) is 0. The van der Waals surface area contributed by atoms with Gasteiger partial charge >= 0.3 is 0 Å². The molecule has 2 heterocycles. The van der Waals surface area contributed by atoms with Gasteiger partial charge in [-0.2, -0.15) is 0 Å². The molecule has 0 spiro atoms. The largest absolute Gasteiger partial charge is 0.340 e. The molecule has 1 aliphatic heterocycles. The molecule has 0 radical (unpaired) electrons. The van der Waals surface area contributed by atoms with Crippen molar-refractivity contribution < 1.29 is 9.59 Å². The predicted molar refractivity (Wildman–Crippen MR) is 97.6 cm³/mol. The Kier molecular flexibility index (Phi) is 8.58. The van der Waals surface area contributed by atoms with Crippen LogP contribution in [0.15, 0.2) is 0 Å². The Morgan fingerprint density at radius 2 is 2.12 bits per heavy atom. The van der Waals surface area contributed by atoms with E-state index in [2.05, 4.69) is 41.6 Å². The van der Waals surface area contributed by atoms with E-state index in [1.54, 1.807) is 0 Å². The number of piperazine rings is 1. The molecule has 136 valence electrons. The van der Waals surface area contributed by atoms with Crippen LogP contribution in [0.25, 0.3) is 0 Å². The summed E-state index contributed by atoms with van der Waals surface area (Å²) in [5, 5.41) is 15.5. The van der Waals surface area contributed by atoms with Crippen LogP contribution in [0.1, 0.15) is 38.6 Å². The summed E-state index contributed by atoms with van der Waals surface area (Å²) in [5.74, 6) is 0.352. The van der Waals surface area contributed by atoms with Crippen LogP contribution < -0.4 is 10.6 Å². The number of rotatable bonds is 6. The number of nitrogens with one attached hydrogen (secondary N) is 2. The second-order valence-electron chi connectivity index (χ2n) is 6.34. The van der Waals surface area contributed by atoms with Gasteiger partial charge in [-0.3, -0.25) is 9.59 Å². The monoisotopic (exact) mass is 375 g/mol. The smallest absolute Gasteiger partial charge is 0.226 e. The zero-order valence-corrected chi connectivity index (χ0v) is 16.0. The SMILES string of the molecule is CC(C)Cc1nnc(NC(=O)CCC(=O)N2CCN[C@H](C)C2)s1.Cl. The van der Waals surface area contributed by atoms with Crippen LogP contribution in [0.5, 0.6) is 0 Å². The van der Waals surface area contributed by atoms with E-state index in [0.29, 0.717) is 30.2 Å². The van der Waals surface area contributed by atoms with Gasteiger partial charge in [0.15, 0.2) is 0 Å². The van der Waals surface area contributed by atoms with Crippen LogP contribution in [-0.2, 0) is 16.0 Å². The highest BCUT2D eigenvalue weighted by Crippen LogP contribution is 2.18. The minimum atomic E-state index is -0.186. The molecule has 2 amide bonds. The molecule has 2 rings (SSSR count). The number of amides is 2. The lowest BCUT2D eigenvalue weighted by molar-refractivity contribution is -0.133. The number of halogens is 1. The van der Waals surface area contributed by atoms with Gasteiger partial charge in [0.1, 0.15) is 5.01 Å². The maximum Gasteiger partial charge on any atom is 0.226 e. The van der Waals surface area contributed by atoms with Crippen LogP contribution >= 0.6 is 23.7 Å². The van der Waals surface area contributed by atoms with Gasteiger partial charge in [-0.15, -0.1) is 22.6 Å². The van der Waals surface area contributed by atoms with E-state index in [1.165, 1.54) is 11.3 Å². The highest BCUT2D eigenvalue weighted by Gasteiger charge is 2.21. The van der Waals surface area contributed by atoms with Crippen molar-refractivity contribution in [3.05, 3.63) is 5.01 Å². The number of carbonyl (C=O) groups is 2. The summed E-state index contributed by atoms with van der Waals surface area (Å²) in [6.45, 7) is 8.50. The Hall–Kier alpha value is -1.25. The number of carbonyl (C=O) groups excluding carboxylic acids is 2. The quantitative estimate of drug-likeness (QED) is 0.790. The molecule has 0 saturated carbocycles. The molecule has 2 N–H and O–H groups in total. The lowest BCUT2D eigenvalue weighted by Gasteiger charge is -2.31. The third-order valence-corrected chi connectivity index (χ3v) is 4.44. The first-order chi connectivity index (χ1) is 10.9. The van der Waals surface area contributed by atoms with Crippen LogP contribution in [0.4, 0.5) is 5.13 Å². The fraction of sp³-hybridized carbons (Fsp3) is 0.733. The standard InChI is InChI=1S/C15H25N5O2S.ClH/c1-10(2)8-13-18-19-15(23-13)17-12(21)4-5-14(22)20-7-6-16-11(3)9-20;/h10-11,16H,4-9H2,1-3H3,(H,17,19,21);1H/t11-;/m1./s1. The van der Waals surface area contributed by atoms with Crippen molar-refractivity contribution in [3.63, 3.8) is 0 Å². The molecule has 1 atom stereocenters. The van der Waals surface area contributed by atoms with Gasteiger partial charge in [0.25, 0.3) is 0 Å². The number of hydrogen-bond donors (Lipinski definition) is 2. The van der Waals surface area contributed by atoms with Crippen molar-refractivity contribution in [2.24, 2.45) is 5.92 Å². The summed E-state index contributed by atoms with van der Waals surface area (Å²) >= 11 is 1.39. The van der Waals surface area contributed by atoms with Gasteiger partial charge < -0.3 is 15.5 Å². The van der Waals surface area contributed by atoms with Crippen molar-refractivity contribution in [3.8, 4) is 0 Å². The van der Waals surface area contributed by atoms with E-state index in [-0.39, 0.29) is 37.1 Å². The minimum absolute atomic E-state index is 0. The first-order valence-electron chi connectivity index (χ1n) is 8.07. The van der Waals surface area contributed by atoms with Crippen molar-refractivity contribution >= 4 is 40.7 Å². The molecule has 1 aliphatic rings. The summed E-state index contributed by atoms with van der Waals surface area (Å²) in [7, 11) is 0. The third kappa shape index (κ3) is 6.70. The van der Waals surface area contributed by atoms with Gasteiger partial charge in [0.2, 0.25) is 16.9 Å². The van der Waals surface area contributed by atoms with E-state index in [9.17, 15) is 9.59 Å². The summed E-state index contributed by atoms with van der Waals surface area (Å²) < 4.78 is 0. The molecule has 0 aliphatic carbocycles. The average molecular weight is 376 g/mol. The molecule has 24 heavy (non-hydrogen) atoms. The van der Waals surface area contributed by atoms with E-state index < -0.39 is 0 Å². The maximum atomic E-state index is 12.1. The molecular weight excluding hydrogens is 350 g/mol. The fourth-order valence-electron chi connectivity index (χ4n) is 2.46. The van der Waals surface area contributed by atoms with Crippen LogP contribution in [0.3, 0.4) is 0 Å². The zero-order chi connectivity index (χ0) is 16.8. The van der Waals surface area contributed by atoms with Crippen molar-refractivity contribution in [2.45, 2.75) is 46.1 Å². The zero-order valence-electron chi connectivity index (χ0n) is 14.4. The Bertz CT molecular complexity index is 552. The average Bonchev–Trinajstić information content (AvgIpc) is 2.91. The third-order valence-electron chi connectivity index (χ3n) is 3.58. The van der Waals surface area contributed by atoms with E-state index >= 15 is 0 Å². The van der Waals surface area contributed by atoms with Gasteiger partial charge in [-0.1, -0.05) is 25.2 Å². The molecule has 0 aromatic carbocycles. The Morgan fingerprint density at radius 3 is 2.79 bits per heavy atom. The van der Waals surface area contributed by atoms with Crippen LogP contribution in [0, 0.1) is 5.92 Å². The summed E-state index contributed by atoms with van der Waals surface area (Å²) in [6.07, 6.45) is 1.26. The molecule has 7 nitrogen and oxygen atoms in total. The Balaban J connectivity index is 0.00000288. The topological polar surface area (TPSA) is 87.2 Å². The normalized spacial score (nSPS) is 17.5. The van der Waals surface area contributed by atoms with Crippen molar-refractivity contribution in [2.75, 3.05) is 25.0 Å². The molecule has 0 bridgehead atoms. The maximum absolute atomic E-state index is 12.1. The first kappa shape index (κ1) is 20.8. The molecule has 0 unspecified atom stereocenters. The second-order valence-corrected chi connectivity index (χ2v) is 7.40. The Labute approximate surface area is 153 Å². The molecule has 1 aromatic heterocycles. The van der Waals surface area contributed by atoms with E-state index in [4.69, 9.17) is 0 Å². The summed E-state index contributed by atoms with van der Waals surface area (Å²) in [4.78, 5) is 25.9. The molecule has 9 heteroatoms. The fourth-order valence-corrected chi connectivity index (χ4v) is 3.42. The van der Waals surface area contributed by atoms with E-state index in [0.717, 1.165) is 18.0 Å². The van der Waals surface area contributed by atoms with Gasteiger partial charge in [-0.05, 0) is 12.8 Å².